The van der Waals surface area contributed by atoms with E-state index in [0.29, 0.717) is 5.56 Å². The minimum atomic E-state index is -4.57. The molecular formula is C18H28F3NO2Si. The first-order valence-corrected chi connectivity index (χ1v) is 11.2. The van der Waals surface area contributed by atoms with Crippen molar-refractivity contribution in [2.75, 3.05) is 0 Å². The van der Waals surface area contributed by atoms with Gasteiger partial charge in [-0.1, -0.05) is 51.1 Å². The molecule has 1 rings (SSSR count). The molecule has 2 unspecified atom stereocenters. The Hall–Kier alpha value is -1.34. The lowest BCUT2D eigenvalue weighted by atomic mass is 10.0. The van der Waals surface area contributed by atoms with Crippen LogP contribution >= 0.6 is 0 Å². The van der Waals surface area contributed by atoms with E-state index in [9.17, 15) is 18.0 Å². The summed E-state index contributed by atoms with van der Waals surface area (Å²) in [7, 11) is -2.68. The summed E-state index contributed by atoms with van der Waals surface area (Å²) < 4.78 is 47.1. The summed E-state index contributed by atoms with van der Waals surface area (Å²) in [6, 6.07) is 7.64. The summed E-state index contributed by atoms with van der Waals surface area (Å²) >= 11 is 0. The highest BCUT2D eigenvalue weighted by molar-refractivity contribution is 6.74. The number of hydrogen-bond donors (Lipinski definition) is 1. The van der Waals surface area contributed by atoms with Crippen molar-refractivity contribution in [3.05, 3.63) is 35.9 Å². The highest BCUT2D eigenvalue weighted by Gasteiger charge is 2.51. The molecular weight excluding hydrogens is 347 g/mol. The molecule has 25 heavy (non-hydrogen) atoms. The minimum absolute atomic E-state index is 0.0548. The Morgan fingerprint density at radius 2 is 1.68 bits per heavy atom. The summed E-state index contributed by atoms with van der Waals surface area (Å²) in [6.07, 6.45) is -6.56. The van der Waals surface area contributed by atoms with E-state index < -0.39 is 32.5 Å². The molecule has 0 heterocycles. The zero-order valence-electron chi connectivity index (χ0n) is 15.7. The minimum Gasteiger partial charge on any atom is -0.404 e. The molecule has 1 aromatic carbocycles. The number of nitrogens with one attached hydrogen (secondary N) is 1. The average Bonchev–Trinajstić information content (AvgIpc) is 2.42. The molecule has 1 aromatic rings. The van der Waals surface area contributed by atoms with Crippen molar-refractivity contribution < 1.29 is 22.4 Å². The molecule has 3 nitrogen and oxygen atoms in total. The largest absolute Gasteiger partial charge is 0.415 e. The van der Waals surface area contributed by atoms with Gasteiger partial charge in [-0.15, -0.1) is 0 Å². The van der Waals surface area contributed by atoms with Crippen LogP contribution in [-0.4, -0.2) is 32.5 Å². The van der Waals surface area contributed by atoms with Crippen molar-refractivity contribution in [1.82, 2.24) is 5.32 Å². The summed E-state index contributed by atoms with van der Waals surface area (Å²) in [6.45, 7) is 10.4. The topological polar surface area (TPSA) is 38.3 Å². The molecule has 1 N–H and O–H groups in total. The molecule has 2 atom stereocenters. The van der Waals surface area contributed by atoms with Gasteiger partial charge >= 0.3 is 6.18 Å². The van der Waals surface area contributed by atoms with Gasteiger partial charge in [0, 0.05) is 6.92 Å². The fourth-order valence-electron chi connectivity index (χ4n) is 2.23. The van der Waals surface area contributed by atoms with Gasteiger partial charge in [-0.25, -0.2) is 0 Å². The lowest BCUT2D eigenvalue weighted by Crippen LogP contribution is -2.57. The second kappa shape index (κ2) is 7.91. The lowest BCUT2D eigenvalue weighted by molar-refractivity contribution is -0.206. The van der Waals surface area contributed by atoms with E-state index in [1.54, 1.807) is 43.4 Å². The van der Waals surface area contributed by atoms with Crippen LogP contribution in [0.2, 0.25) is 18.1 Å². The van der Waals surface area contributed by atoms with Crippen LogP contribution < -0.4 is 5.32 Å². The van der Waals surface area contributed by atoms with Gasteiger partial charge in [-0.05, 0) is 30.1 Å². The van der Waals surface area contributed by atoms with Gasteiger partial charge in [0.15, 0.2) is 14.4 Å². The van der Waals surface area contributed by atoms with Crippen molar-refractivity contribution >= 4 is 14.2 Å². The zero-order valence-corrected chi connectivity index (χ0v) is 16.7. The van der Waals surface area contributed by atoms with Crippen molar-refractivity contribution in [2.24, 2.45) is 0 Å². The fraction of sp³-hybridized carbons (Fsp3) is 0.611. The van der Waals surface area contributed by atoms with Crippen LogP contribution in [0.1, 0.15) is 33.3 Å². The van der Waals surface area contributed by atoms with E-state index in [0.717, 1.165) is 0 Å². The first-order chi connectivity index (χ1) is 11.2. The van der Waals surface area contributed by atoms with Crippen LogP contribution in [0.15, 0.2) is 30.3 Å². The Balaban J connectivity index is 3.19. The van der Waals surface area contributed by atoms with E-state index in [4.69, 9.17) is 4.43 Å². The Bertz CT molecular complexity index is 568. The predicted octanol–water partition coefficient (Wildman–Crippen LogP) is 4.69. The van der Waals surface area contributed by atoms with E-state index in [1.807, 2.05) is 20.8 Å². The zero-order chi connectivity index (χ0) is 19.5. The third kappa shape index (κ3) is 6.47. The number of carbonyl (C=O) groups is 1. The fourth-order valence-corrected chi connectivity index (χ4v) is 3.52. The number of amides is 1. The van der Waals surface area contributed by atoms with Crippen molar-refractivity contribution in [1.29, 1.82) is 0 Å². The maximum Gasteiger partial charge on any atom is 0.415 e. The standard InChI is InChI=1S/C18H28F3NO2Si/c1-13(23)22-15(12-14-10-8-7-9-11-14)16(18(19,20)21)24-25(5,6)17(2,3)4/h7-11,15-16H,12H2,1-6H3,(H,22,23). The van der Waals surface area contributed by atoms with Crippen molar-refractivity contribution in [3.8, 4) is 0 Å². The van der Waals surface area contributed by atoms with Crippen LogP contribution in [0.3, 0.4) is 0 Å². The number of rotatable bonds is 6. The van der Waals surface area contributed by atoms with Crippen molar-refractivity contribution in [2.45, 2.75) is 70.6 Å². The summed E-state index contributed by atoms with van der Waals surface area (Å²) in [5.74, 6) is -0.506. The van der Waals surface area contributed by atoms with Crippen LogP contribution in [0.5, 0.6) is 0 Å². The number of halogens is 3. The average molecular weight is 376 g/mol. The van der Waals surface area contributed by atoms with Gasteiger partial charge in [0.2, 0.25) is 5.91 Å². The second-order valence-corrected chi connectivity index (χ2v) is 12.6. The number of alkyl halides is 3. The molecule has 0 aliphatic rings. The molecule has 0 spiro atoms. The van der Waals surface area contributed by atoms with Gasteiger partial charge in [0.1, 0.15) is 0 Å². The van der Waals surface area contributed by atoms with E-state index in [-0.39, 0.29) is 11.5 Å². The Labute approximate surface area is 149 Å². The van der Waals surface area contributed by atoms with E-state index in [1.165, 1.54) is 6.92 Å². The van der Waals surface area contributed by atoms with Crippen molar-refractivity contribution in [3.63, 3.8) is 0 Å². The highest BCUT2D eigenvalue weighted by Crippen LogP contribution is 2.40. The molecule has 0 aliphatic heterocycles. The number of benzene rings is 1. The molecule has 0 aliphatic carbocycles. The first kappa shape index (κ1) is 21.7. The maximum atomic E-state index is 13.8. The molecule has 7 heteroatoms. The predicted molar refractivity (Wildman–Crippen MR) is 95.9 cm³/mol. The molecule has 142 valence electrons. The number of carbonyl (C=O) groups excluding carboxylic acids is 1. The monoisotopic (exact) mass is 375 g/mol. The molecule has 0 bridgehead atoms. The molecule has 0 radical (unpaired) electrons. The van der Waals surface area contributed by atoms with Crippen LogP contribution in [-0.2, 0) is 15.6 Å². The molecule has 0 saturated carbocycles. The van der Waals surface area contributed by atoms with Gasteiger partial charge in [0.25, 0.3) is 0 Å². The summed E-state index contributed by atoms with van der Waals surface area (Å²) in [5.41, 5.74) is 0.717. The van der Waals surface area contributed by atoms with Gasteiger partial charge < -0.3 is 9.74 Å². The van der Waals surface area contributed by atoms with E-state index in [2.05, 4.69) is 5.32 Å². The molecule has 0 fully saturated rings. The Kier molecular flexibility index (Phi) is 6.86. The Morgan fingerprint density at radius 1 is 1.16 bits per heavy atom. The van der Waals surface area contributed by atoms with Crippen LogP contribution in [0, 0.1) is 0 Å². The lowest BCUT2D eigenvalue weighted by Gasteiger charge is -2.42. The molecule has 1 amide bonds. The SMILES string of the molecule is CC(=O)NC(Cc1ccccc1)C(O[Si](C)(C)C(C)(C)C)C(F)(F)F. The quantitative estimate of drug-likeness (QED) is 0.733. The first-order valence-electron chi connectivity index (χ1n) is 8.29. The number of hydrogen-bond acceptors (Lipinski definition) is 2. The van der Waals surface area contributed by atoms with Crippen LogP contribution in [0.25, 0.3) is 0 Å². The normalized spacial score (nSPS) is 15.6. The smallest absolute Gasteiger partial charge is 0.404 e. The maximum absolute atomic E-state index is 13.8. The Morgan fingerprint density at radius 3 is 2.08 bits per heavy atom. The summed E-state index contributed by atoms with van der Waals surface area (Å²) in [4.78, 5) is 11.5. The third-order valence-corrected chi connectivity index (χ3v) is 9.06. The molecule has 0 aromatic heterocycles. The van der Waals surface area contributed by atoms with Crippen LogP contribution in [0.4, 0.5) is 13.2 Å². The molecule has 0 saturated heterocycles. The van der Waals surface area contributed by atoms with Gasteiger partial charge in [-0.2, -0.15) is 13.2 Å². The van der Waals surface area contributed by atoms with Gasteiger partial charge in [-0.3, -0.25) is 4.79 Å². The van der Waals surface area contributed by atoms with Gasteiger partial charge in [0.05, 0.1) is 6.04 Å². The summed E-state index contributed by atoms with van der Waals surface area (Å²) in [5, 5.41) is 2.08. The van der Waals surface area contributed by atoms with E-state index >= 15 is 0 Å². The second-order valence-electron chi connectivity index (χ2n) is 7.84. The highest BCUT2D eigenvalue weighted by atomic mass is 28.4. The third-order valence-electron chi connectivity index (χ3n) is 4.60.